The minimum absolute atomic E-state index is 0.134. The van der Waals surface area contributed by atoms with E-state index in [4.69, 9.17) is 11.1 Å². The second-order valence-electron chi connectivity index (χ2n) is 3.88. The van der Waals surface area contributed by atoms with E-state index < -0.39 is 5.82 Å². The van der Waals surface area contributed by atoms with E-state index in [9.17, 15) is 4.39 Å². The van der Waals surface area contributed by atoms with Crippen LogP contribution in [0.1, 0.15) is 11.3 Å². The van der Waals surface area contributed by atoms with Gasteiger partial charge in [-0.2, -0.15) is 0 Å². The highest BCUT2D eigenvalue weighted by Crippen LogP contribution is 2.23. The Morgan fingerprint density at radius 1 is 1.56 bits per heavy atom. The van der Waals surface area contributed by atoms with Gasteiger partial charge in [0.2, 0.25) is 0 Å². The van der Waals surface area contributed by atoms with E-state index in [0.717, 1.165) is 5.69 Å². The van der Waals surface area contributed by atoms with Gasteiger partial charge in [0.05, 0.1) is 29.0 Å². The smallest absolute Gasteiger partial charge is 0.136 e. The van der Waals surface area contributed by atoms with Crippen LogP contribution in [0.15, 0.2) is 29.1 Å². The fourth-order valence-electron chi connectivity index (χ4n) is 1.74. The number of anilines is 1. The maximum Gasteiger partial charge on any atom is 0.136 e. The molecule has 0 atom stereocenters. The summed E-state index contributed by atoms with van der Waals surface area (Å²) in [6, 6.07) is 4.65. The predicted octanol–water partition coefficient (Wildman–Crippen LogP) is 2.20. The van der Waals surface area contributed by atoms with Crippen LogP contribution in [0.4, 0.5) is 10.1 Å². The molecule has 2 aromatic rings. The number of amidine groups is 1. The Kier molecular flexibility index (Phi) is 3.57. The molecule has 0 aliphatic heterocycles. The first kappa shape index (κ1) is 12.5. The van der Waals surface area contributed by atoms with Gasteiger partial charge < -0.3 is 10.6 Å². The molecule has 0 amide bonds. The van der Waals surface area contributed by atoms with E-state index in [1.807, 2.05) is 17.3 Å². The van der Waals surface area contributed by atoms with E-state index in [0.29, 0.717) is 12.2 Å². The molecule has 4 nitrogen and oxygen atoms in total. The monoisotopic (exact) mass is 264 g/mol. The maximum absolute atomic E-state index is 13.7. The van der Waals surface area contributed by atoms with Crippen LogP contribution in [0.25, 0.3) is 0 Å². The van der Waals surface area contributed by atoms with Crippen LogP contribution in [0, 0.1) is 11.2 Å². The molecule has 2 rings (SSSR count). The number of nitrogen functional groups attached to an aromatic ring is 1. The number of benzene rings is 1. The maximum atomic E-state index is 13.7. The van der Waals surface area contributed by atoms with E-state index in [2.05, 4.69) is 4.98 Å². The lowest BCUT2D eigenvalue weighted by Crippen LogP contribution is -2.23. The lowest BCUT2D eigenvalue weighted by molar-refractivity contribution is 0.624. The molecular formula is C12H13FN4S. The number of nitrogens with one attached hydrogen (secondary N) is 1. The Hall–Kier alpha value is -1.95. The predicted molar refractivity (Wildman–Crippen MR) is 71.6 cm³/mol. The minimum Gasteiger partial charge on any atom is -0.384 e. The van der Waals surface area contributed by atoms with Crippen molar-refractivity contribution in [2.24, 2.45) is 5.73 Å². The molecule has 6 heteroatoms. The Morgan fingerprint density at radius 3 is 2.94 bits per heavy atom. The third-order valence-electron chi connectivity index (χ3n) is 2.55. The molecular weight excluding hydrogens is 251 g/mol. The van der Waals surface area contributed by atoms with Gasteiger partial charge in [0.1, 0.15) is 11.7 Å². The van der Waals surface area contributed by atoms with E-state index in [-0.39, 0.29) is 11.4 Å². The van der Waals surface area contributed by atoms with Gasteiger partial charge in [-0.1, -0.05) is 6.07 Å². The molecule has 18 heavy (non-hydrogen) atoms. The highest BCUT2D eigenvalue weighted by atomic mass is 32.1. The molecule has 0 saturated carbocycles. The van der Waals surface area contributed by atoms with Gasteiger partial charge in [0, 0.05) is 12.4 Å². The van der Waals surface area contributed by atoms with Crippen molar-refractivity contribution in [1.82, 2.24) is 4.98 Å². The average Bonchev–Trinajstić information content (AvgIpc) is 2.80. The van der Waals surface area contributed by atoms with Crippen LogP contribution >= 0.6 is 11.3 Å². The number of hydrogen-bond donors (Lipinski definition) is 2. The molecule has 0 radical (unpaired) electrons. The fraction of sp³-hybridized carbons (Fsp3) is 0.167. The molecule has 0 bridgehead atoms. The topological polar surface area (TPSA) is 66.0 Å². The van der Waals surface area contributed by atoms with Crippen LogP contribution in [0.2, 0.25) is 0 Å². The summed E-state index contributed by atoms with van der Waals surface area (Å²) in [6.45, 7) is 0.549. The Balaban J connectivity index is 2.32. The summed E-state index contributed by atoms with van der Waals surface area (Å²) in [6.07, 6.45) is 0. The van der Waals surface area contributed by atoms with Crippen molar-refractivity contribution in [1.29, 1.82) is 5.41 Å². The van der Waals surface area contributed by atoms with Gasteiger partial charge in [-0.25, -0.2) is 9.37 Å². The number of hydrogen-bond acceptors (Lipinski definition) is 4. The van der Waals surface area contributed by atoms with Crippen LogP contribution in [0.5, 0.6) is 0 Å². The summed E-state index contributed by atoms with van der Waals surface area (Å²) in [5.41, 5.74) is 8.81. The van der Waals surface area contributed by atoms with Crippen LogP contribution in [0.3, 0.4) is 0 Å². The SMILES string of the molecule is CN(Cc1cscn1)c1cccc(F)c1C(=N)N. The molecule has 3 N–H and O–H groups in total. The standard InChI is InChI=1S/C12H13FN4S/c1-17(5-8-6-18-7-16-8)10-4-2-3-9(13)11(10)12(14)15/h2-4,6-7H,5H2,1H3,(H3,14,15). The molecule has 0 fully saturated rings. The number of nitrogens with zero attached hydrogens (tertiary/aromatic N) is 2. The van der Waals surface area contributed by atoms with Gasteiger partial charge in [0.25, 0.3) is 0 Å². The summed E-state index contributed by atoms with van der Waals surface area (Å²) < 4.78 is 13.7. The van der Waals surface area contributed by atoms with E-state index in [1.165, 1.54) is 17.4 Å². The van der Waals surface area contributed by atoms with Crippen LogP contribution < -0.4 is 10.6 Å². The molecule has 0 unspecified atom stereocenters. The lowest BCUT2D eigenvalue weighted by atomic mass is 10.1. The highest BCUT2D eigenvalue weighted by molar-refractivity contribution is 7.07. The number of rotatable bonds is 4. The van der Waals surface area contributed by atoms with Gasteiger partial charge >= 0.3 is 0 Å². The molecule has 0 aliphatic rings. The zero-order valence-electron chi connectivity index (χ0n) is 9.85. The summed E-state index contributed by atoms with van der Waals surface area (Å²) in [5.74, 6) is -0.752. The second-order valence-corrected chi connectivity index (χ2v) is 4.60. The number of aromatic nitrogens is 1. The van der Waals surface area contributed by atoms with Gasteiger partial charge in [-0.05, 0) is 12.1 Å². The first-order valence-corrected chi connectivity index (χ1v) is 6.25. The molecule has 0 saturated heterocycles. The number of thiazole rings is 1. The minimum atomic E-state index is -0.481. The first-order chi connectivity index (χ1) is 8.59. The molecule has 1 aromatic carbocycles. The quantitative estimate of drug-likeness (QED) is 0.657. The average molecular weight is 264 g/mol. The Labute approximate surface area is 108 Å². The van der Waals surface area contributed by atoms with E-state index in [1.54, 1.807) is 17.6 Å². The fourth-order valence-corrected chi connectivity index (χ4v) is 2.29. The summed E-state index contributed by atoms with van der Waals surface area (Å²) >= 11 is 1.51. The van der Waals surface area contributed by atoms with Crippen molar-refractivity contribution in [3.63, 3.8) is 0 Å². The first-order valence-electron chi connectivity index (χ1n) is 5.30. The second kappa shape index (κ2) is 5.14. The summed E-state index contributed by atoms with van der Waals surface area (Å²) in [5, 5.41) is 9.39. The van der Waals surface area contributed by atoms with Crippen molar-refractivity contribution < 1.29 is 4.39 Å². The molecule has 94 valence electrons. The number of halogens is 1. The van der Waals surface area contributed by atoms with E-state index >= 15 is 0 Å². The summed E-state index contributed by atoms with van der Waals surface area (Å²) in [4.78, 5) is 6.01. The zero-order chi connectivity index (χ0) is 13.1. The van der Waals surface area contributed by atoms with Crippen molar-refractivity contribution in [2.75, 3.05) is 11.9 Å². The normalized spacial score (nSPS) is 10.3. The van der Waals surface area contributed by atoms with Crippen LogP contribution in [-0.4, -0.2) is 17.9 Å². The van der Waals surface area contributed by atoms with Gasteiger partial charge in [-0.3, -0.25) is 5.41 Å². The highest BCUT2D eigenvalue weighted by Gasteiger charge is 2.15. The Bertz CT molecular complexity index is 553. The van der Waals surface area contributed by atoms with Crippen molar-refractivity contribution >= 4 is 22.9 Å². The molecule has 1 heterocycles. The Morgan fingerprint density at radius 2 is 2.33 bits per heavy atom. The lowest BCUT2D eigenvalue weighted by Gasteiger charge is -2.21. The molecule has 0 aliphatic carbocycles. The van der Waals surface area contributed by atoms with Crippen molar-refractivity contribution in [2.45, 2.75) is 6.54 Å². The third kappa shape index (κ3) is 2.48. The van der Waals surface area contributed by atoms with Gasteiger partial charge in [-0.15, -0.1) is 11.3 Å². The van der Waals surface area contributed by atoms with Crippen molar-refractivity contribution in [3.8, 4) is 0 Å². The number of nitrogens with two attached hydrogens (primary N) is 1. The summed E-state index contributed by atoms with van der Waals surface area (Å²) in [7, 11) is 1.82. The molecule has 1 aromatic heterocycles. The largest absolute Gasteiger partial charge is 0.384 e. The molecule has 0 spiro atoms. The van der Waals surface area contributed by atoms with Crippen LogP contribution in [-0.2, 0) is 6.54 Å². The van der Waals surface area contributed by atoms with Gasteiger partial charge in [0.15, 0.2) is 0 Å². The third-order valence-corrected chi connectivity index (χ3v) is 3.19. The van der Waals surface area contributed by atoms with Crippen molar-refractivity contribution in [3.05, 3.63) is 46.2 Å². The zero-order valence-corrected chi connectivity index (χ0v) is 10.7.